The van der Waals surface area contributed by atoms with Crippen molar-refractivity contribution in [1.29, 1.82) is 0 Å². The Bertz CT molecular complexity index is 1600. The summed E-state index contributed by atoms with van der Waals surface area (Å²) in [6.07, 6.45) is 4.77. The van der Waals surface area contributed by atoms with Gasteiger partial charge in [-0.25, -0.2) is 9.79 Å². The van der Waals surface area contributed by atoms with Gasteiger partial charge in [-0.2, -0.15) is 0 Å². The molecule has 0 N–H and O–H groups in total. The van der Waals surface area contributed by atoms with E-state index in [-0.39, 0.29) is 23.8 Å². The van der Waals surface area contributed by atoms with Crippen LogP contribution in [0.3, 0.4) is 0 Å². The molecule has 0 bridgehead atoms. The molecule has 0 saturated heterocycles. The minimum atomic E-state index is -0.752. The van der Waals surface area contributed by atoms with Crippen molar-refractivity contribution >= 4 is 29.1 Å². The van der Waals surface area contributed by atoms with Crippen molar-refractivity contribution < 1.29 is 19.2 Å². The molecule has 1 aliphatic heterocycles. The van der Waals surface area contributed by atoms with Crippen LogP contribution in [0.25, 0.3) is 6.08 Å². The number of nitro benzene ring substituents is 1. The first-order chi connectivity index (χ1) is 19.2. The van der Waals surface area contributed by atoms with Crippen LogP contribution < -0.4 is 19.6 Å². The fourth-order valence-corrected chi connectivity index (χ4v) is 5.43. The zero-order valence-electron chi connectivity index (χ0n) is 23.1. The molecule has 1 aromatic heterocycles. The number of aromatic nitrogens is 1. The minimum absolute atomic E-state index is 0.0672. The summed E-state index contributed by atoms with van der Waals surface area (Å²) in [5.74, 6) is 0.332. The second-order valence-corrected chi connectivity index (χ2v) is 11.1. The molecule has 210 valence electrons. The zero-order valence-corrected chi connectivity index (χ0v) is 23.9. The largest absolute Gasteiger partial charge is 0.494 e. The first-order valence-corrected chi connectivity index (χ1v) is 14.2. The number of esters is 1. The topological polar surface area (TPSA) is 113 Å². The van der Waals surface area contributed by atoms with Gasteiger partial charge in [0.2, 0.25) is 0 Å². The molecule has 40 heavy (non-hydrogen) atoms. The number of fused-ring (bicyclic) bond motifs is 1. The first kappa shape index (κ1) is 28.9. The molecule has 10 heteroatoms. The van der Waals surface area contributed by atoms with Crippen LogP contribution in [0, 0.1) is 16.0 Å². The SMILES string of the molecule is CCCCCOc1ccc(C2C(C(=O)OCC(C)C)=C(C)N=c3s/c(=C\c4cccc([N+](=O)[O-])c4)c(=O)n32)cc1. The highest BCUT2D eigenvalue weighted by molar-refractivity contribution is 7.07. The Morgan fingerprint density at radius 1 is 1.20 bits per heavy atom. The Labute approximate surface area is 236 Å². The fourth-order valence-electron chi connectivity index (χ4n) is 4.39. The van der Waals surface area contributed by atoms with Crippen molar-refractivity contribution in [2.45, 2.75) is 53.0 Å². The highest BCUT2D eigenvalue weighted by Gasteiger charge is 2.33. The summed E-state index contributed by atoms with van der Waals surface area (Å²) in [6.45, 7) is 8.64. The highest BCUT2D eigenvalue weighted by Crippen LogP contribution is 2.32. The van der Waals surface area contributed by atoms with E-state index in [0.29, 0.717) is 38.5 Å². The standard InChI is InChI=1S/C30H33N3O6S/c1-5-6-7-15-38-24-13-11-22(12-14-24)27-26(29(35)39-18-19(2)3)20(4)31-30-32(27)28(34)25(40-30)17-21-9-8-10-23(16-21)33(36)37/h8-14,16-17,19,27H,5-7,15,18H2,1-4H3/b25-17-. The van der Waals surface area contributed by atoms with E-state index < -0.39 is 16.9 Å². The van der Waals surface area contributed by atoms with E-state index in [1.165, 1.54) is 28.0 Å². The Morgan fingerprint density at radius 2 is 1.95 bits per heavy atom. The van der Waals surface area contributed by atoms with Gasteiger partial charge in [-0.05, 0) is 48.6 Å². The number of non-ortho nitro benzene ring substituents is 1. The summed E-state index contributed by atoms with van der Waals surface area (Å²) in [7, 11) is 0. The Morgan fingerprint density at radius 3 is 2.62 bits per heavy atom. The van der Waals surface area contributed by atoms with E-state index in [4.69, 9.17) is 9.47 Å². The van der Waals surface area contributed by atoms with Gasteiger partial charge in [-0.15, -0.1) is 0 Å². The molecule has 1 aliphatic rings. The van der Waals surface area contributed by atoms with Crippen LogP contribution in [-0.4, -0.2) is 28.7 Å². The van der Waals surface area contributed by atoms with Crippen molar-refractivity contribution in [3.05, 3.63) is 101 Å². The lowest BCUT2D eigenvalue weighted by molar-refractivity contribution is -0.384. The second-order valence-electron chi connectivity index (χ2n) is 10.1. The summed E-state index contributed by atoms with van der Waals surface area (Å²) in [5, 5.41) is 11.2. The number of rotatable bonds is 11. The van der Waals surface area contributed by atoms with Crippen LogP contribution >= 0.6 is 11.3 Å². The van der Waals surface area contributed by atoms with E-state index in [0.717, 1.165) is 24.8 Å². The number of carbonyl (C=O) groups excluding carboxylic acids is 1. The van der Waals surface area contributed by atoms with Gasteiger partial charge in [0, 0.05) is 12.1 Å². The lowest BCUT2D eigenvalue weighted by Gasteiger charge is -2.25. The molecular weight excluding hydrogens is 530 g/mol. The lowest BCUT2D eigenvalue weighted by Crippen LogP contribution is -2.40. The summed E-state index contributed by atoms with van der Waals surface area (Å²) >= 11 is 1.17. The van der Waals surface area contributed by atoms with Crippen LogP contribution in [0.15, 0.2) is 69.6 Å². The predicted octanol–water partition coefficient (Wildman–Crippen LogP) is 4.91. The maximum absolute atomic E-state index is 13.8. The first-order valence-electron chi connectivity index (χ1n) is 13.4. The third-order valence-corrected chi connectivity index (χ3v) is 7.36. The van der Waals surface area contributed by atoms with Crippen LogP contribution in [0.2, 0.25) is 0 Å². The van der Waals surface area contributed by atoms with Crippen molar-refractivity contribution in [3.8, 4) is 5.75 Å². The Hall–Kier alpha value is -4.05. The minimum Gasteiger partial charge on any atom is -0.494 e. The number of hydrogen-bond acceptors (Lipinski definition) is 8. The smallest absolute Gasteiger partial charge is 0.338 e. The average molecular weight is 564 g/mol. The summed E-state index contributed by atoms with van der Waals surface area (Å²) in [4.78, 5) is 42.9. The summed E-state index contributed by atoms with van der Waals surface area (Å²) < 4.78 is 13.3. The fraction of sp³-hybridized carbons (Fsp3) is 0.367. The van der Waals surface area contributed by atoms with E-state index in [1.54, 1.807) is 25.1 Å². The van der Waals surface area contributed by atoms with Gasteiger partial charge in [0.05, 0.1) is 40.0 Å². The van der Waals surface area contributed by atoms with Gasteiger partial charge in [0.1, 0.15) is 5.75 Å². The van der Waals surface area contributed by atoms with Gasteiger partial charge in [-0.3, -0.25) is 19.5 Å². The Balaban J connectivity index is 1.79. The molecule has 2 aromatic carbocycles. The van der Waals surface area contributed by atoms with E-state index >= 15 is 0 Å². The van der Waals surface area contributed by atoms with Gasteiger partial charge in [0.15, 0.2) is 4.80 Å². The molecule has 2 heterocycles. The van der Waals surface area contributed by atoms with Crippen molar-refractivity contribution in [2.24, 2.45) is 10.9 Å². The van der Waals surface area contributed by atoms with E-state index in [2.05, 4.69) is 11.9 Å². The van der Waals surface area contributed by atoms with Gasteiger partial charge in [0.25, 0.3) is 11.2 Å². The number of carbonyl (C=O) groups is 1. The lowest BCUT2D eigenvalue weighted by atomic mass is 9.96. The summed E-state index contributed by atoms with van der Waals surface area (Å²) in [5.41, 5.74) is 1.60. The molecule has 0 aliphatic carbocycles. The van der Waals surface area contributed by atoms with Crippen molar-refractivity contribution in [2.75, 3.05) is 13.2 Å². The molecule has 3 aromatic rings. The monoisotopic (exact) mass is 563 g/mol. The molecular formula is C30H33N3O6S. The summed E-state index contributed by atoms with van der Waals surface area (Å²) in [6, 6.07) is 12.7. The number of ether oxygens (including phenoxy) is 2. The highest BCUT2D eigenvalue weighted by atomic mass is 32.1. The third kappa shape index (κ3) is 6.56. The quantitative estimate of drug-likeness (QED) is 0.142. The number of unbranched alkanes of at least 4 members (excludes halogenated alkanes) is 2. The molecule has 1 atom stereocenters. The maximum atomic E-state index is 13.8. The molecule has 0 amide bonds. The van der Waals surface area contributed by atoms with Crippen molar-refractivity contribution in [1.82, 2.24) is 4.57 Å². The number of thiazole rings is 1. The van der Waals surface area contributed by atoms with Gasteiger partial charge >= 0.3 is 5.97 Å². The van der Waals surface area contributed by atoms with Crippen LogP contribution in [0.4, 0.5) is 5.69 Å². The number of nitro groups is 1. The van der Waals surface area contributed by atoms with E-state index in [9.17, 15) is 19.7 Å². The normalized spacial score (nSPS) is 15.1. The van der Waals surface area contributed by atoms with Crippen LogP contribution in [0.1, 0.15) is 64.1 Å². The molecule has 0 spiro atoms. The number of nitrogens with zero attached hydrogens (tertiary/aromatic N) is 3. The molecule has 1 unspecified atom stereocenters. The van der Waals surface area contributed by atoms with E-state index in [1.807, 2.05) is 38.1 Å². The molecule has 4 rings (SSSR count). The molecule has 0 saturated carbocycles. The van der Waals surface area contributed by atoms with Crippen molar-refractivity contribution in [3.63, 3.8) is 0 Å². The predicted molar refractivity (Wildman–Crippen MR) is 154 cm³/mol. The Kier molecular flexibility index (Phi) is 9.31. The molecule has 0 fully saturated rings. The van der Waals surface area contributed by atoms with Gasteiger partial charge in [-0.1, -0.05) is 69.2 Å². The number of allylic oxidation sites excluding steroid dienone is 1. The average Bonchev–Trinajstić information content (AvgIpc) is 3.23. The van der Waals surface area contributed by atoms with Crippen LogP contribution in [0.5, 0.6) is 5.75 Å². The van der Waals surface area contributed by atoms with Crippen LogP contribution in [-0.2, 0) is 9.53 Å². The molecule has 0 radical (unpaired) electrons. The zero-order chi connectivity index (χ0) is 28.8. The molecule has 9 nitrogen and oxygen atoms in total. The maximum Gasteiger partial charge on any atom is 0.338 e. The number of hydrogen-bond donors (Lipinski definition) is 0. The van der Waals surface area contributed by atoms with Gasteiger partial charge < -0.3 is 9.47 Å². The second kappa shape index (κ2) is 12.9. The third-order valence-electron chi connectivity index (χ3n) is 6.38. The number of benzene rings is 2.